The minimum Gasteiger partial charge on any atom is -0.399 e. The molecule has 0 atom stereocenters. The van der Waals surface area contributed by atoms with E-state index in [9.17, 15) is 14.4 Å². The quantitative estimate of drug-likeness (QED) is 0.188. The van der Waals surface area contributed by atoms with Crippen LogP contribution in [0.15, 0.2) is 109 Å². The van der Waals surface area contributed by atoms with Crippen LogP contribution in [0.5, 0.6) is 0 Å². The molecule has 0 spiro atoms. The molecule has 0 bridgehead atoms. The molecule has 3 aromatic heterocycles. The van der Waals surface area contributed by atoms with Gasteiger partial charge in [-0.2, -0.15) is 0 Å². The van der Waals surface area contributed by atoms with E-state index in [1.54, 1.807) is 4.57 Å². The number of H-pyrrole nitrogens is 1. The first-order valence-electron chi connectivity index (χ1n) is 13.6. The molecule has 43 heavy (non-hydrogen) atoms. The van der Waals surface area contributed by atoms with E-state index < -0.39 is 11.4 Å². The Balaban J connectivity index is 1.40. The van der Waals surface area contributed by atoms with Gasteiger partial charge in [-0.15, -0.1) is 11.3 Å². The number of nitrogens with one attached hydrogen (secondary N) is 1. The Morgan fingerprint density at radius 3 is 2.35 bits per heavy atom. The van der Waals surface area contributed by atoms with Gasteiger partial charge in [-0.3, -0.25) is 23.4 Å². The zero-order valence-electron chi connectivity index (χ0n) is 23.4. The van der Waals surface area contributed by atoms with Crippen molar-refractivity contribution in [1.82, 2.24) is 19.3 Å². The summed E-state index contributed by atoms with van der Waals surface area (Å²) in [6.45, 7) is 2.25. The van der Waals surface area contributed by atoms with Crippen LogP contribution in [-0.4, -0.2) is 32.1 Å². The Morgan fingerprint density at radius 1 is 0.953 bits per heavy atom. The van der Waals surface area contributed by atoms with E-state index in [0.29, 0.717) is 21.8 Å². The first-order valence-corrected chi connectivity index (χ1v) is 14.4. The van der Waals surface area contributed by atoms with Gasteiger partial charge in [0.25, 0.3) is 5.56 Å². The van der Waals surface area contributed by atoms with Gasteiger partial charge in [-0.25, -0.2) is 9.59 Å². The fourth-order valence-corrected chi connectivity index (χ4v) is 6.10. The molecular formula is C32H27N5O5S. The number of hydrogen-bond acceptors (Lipinski definition) is 8. The number of benzene rings is 3. The van der Waals surface area contributed by atoms with E-state index in [2.05, 4.69) is 15.3 Å². The molecule has 0 aliphatic rings. The highest BCUT2D eigenvalue weighted by Gasteiger charge is 2.19. The topological polar surface area (TPSA) is 124 Å². The van der Waals surface area contributed by atoms with E-state index in [0.717, 1.165) is 39.1 Å². The maximum Gasteiger partial charge on any atom is 0.439 e. The minimum absolute atomic E-state index is 0.0391. The molecular weight excluding hydrogens is 566 g/mol. The monoisotopic (exact) mass is 593 g/mol. The van der Waals surface area contributed by atoms with Crippen LogP contribution in [0.2, 0.25) is 0 Å². The fourth-order valence-electron chi connectivity index (χ4n) is 5.03. The molecule has 11 heteroatoms. The normalized spacial score (nSPS) is 11.7. The van der Waals surface area contributed by atoms with Crippen LogP contribution in [0, 0.1) is 0 Å². The van der Waals surface area contributed by atoms with Gasteiger partial charge in [0.05, 0.1) is 18.5 Å². The van der Waals surface area contributed by atoms with Gasteiger partial charge in [-0.1, -0.05) is 96.1 Å². The van der Waals surface area contributed by atoms with Gasteiger partial charge in [0.1, 0.15) is 17.7 Å². The van der Waals surface area contributed by atoms with Gasteiger partial charge < -0.3 is 4.84 Å². The van der Waals surface area contributed by atoms with Crippen molar-refractivity contribution >= 4 is 27.3 Å². The first-order chi connectivity index (χ1) is 21.0. The zero-order valence-corrected chi connectivity index (χ0v) is 24.3. The third kappa shape index (κ3) is 5.50. The van der Waals surface area contributed by atoms with Crippen molar-refractivity contribution in [2.24, 2.45) is 5.16 Å². The zero-order chi connectivity index (χ0) is 29.9. The van der Waals surface area contributed by atoms with Crippen LogP contribution >= 0.6 is 11.3 Å². The number of aromatic nitrogens is 4. The SMILES string of the molecule is CCc1cc2c(=O)n(C/C(=N/OC)c3ccccc3)c(=O)n(Cc3ccc(-c4ccccc4-c4noc(=O)[nH]4)cc3)c2s1. The third-order valence-electron chi connectivity index (χ3n) is 7.14. The van der Waals surface area contributed by atoms with Crippen LogP contribution in [-0.2, 0) is 24.3 Å². The van der Waals surface area contributed by atoms with Crippen LogP contribution in [0.3, 0.4) is 0 Å². The van der Waals surface area contributed by atoms with Crippen molar-refractivity contribution in [2.75, 3.05) is 7.11 Å². The highest BCUT2D eigenvalue weighted by molar-refractivity contribution is 7.18. The number of rotatable bonds is 9. The largest absolute Gasteiger partial charge is 0.439 e. The van der Waals surface area contributed by atoms with Gasteiger partial charge in [0, 0.05) is 16.0 Å². The second-order valence-electron chi connectivity index (χ2n) is 9.82. The summed E-state index contributed by atoms with van der Waals surface area (Å²) in [5.74, 6) is -0.278. The number of fused-ring (bicyclic) bond motifs is 1. The number of oxime groups is 1. The number of hydrogen-bond donors (Lipinski definition) is 1. The molecule has 0 fully saturated rings. The number of aryl methyl sites for hydroxylation is 1. The van der Waals surface area contributed by atoms with Crippen LogP contribution < -0.4 is 17.0 Å². The van der Waals surface area contributed by atoms with E-state index in [1.807, 2.05) is 91.9 Å². The van der Waals surface area contributed by atoms with Crippen molar-refractivity contribution < 1.29 is 9.36 Å². The summed E-state index contributed by atoms with van der Waals surface area (Å²) in [4.78, 5) is 48.5. The van der Waals surface area contributed by atoms with Gasteiger partial charge in [0.2, 0.25) is 0 Å². The summed E-state index contributed by atoms with van der Waals surface area (Å²) < 4.78 is 7.58. The lowest BCUT2D eigenvalue weighted by atomic mass is 9.98. The molecule has 1 N–H and O–H groups in total. The maximum absolute atomic E-state index is 14.0. The number of aromatic amines is 1. The highest BCUT2D eigenvalue weighted by atomic mass is 32.1. The molecule has 0 saturated carbocycles. The highest BCUT2D eigenvalue weighted by Crippen LogP contribution is 2.30. The molecule has 10 nitrogen and oxygen atoms in total. The Hall–Kier alpha value is -5.29. The minimum atomic E-state index is -0.623. The Bertz CT molecular complexity index is 2120. The lowest BCUT2D eigenvalue weighted by Gasteiger charge is -2.14. The lowest BCUT2D eigenvalue weighted by molar-refractivity contribution is 0.212. The van der Waals surface area contributed by atoms with Crippen LogP contribution in [0.1, 0.15) is 22.9 Å². The van der Waals surface area contributed by atoms with Crippen LogP contribution in [0.4, 0.5) is 0 Å². The summed E-state index contributed by atoms with van der Waals surface area (Å²) in [5, 5.41) is 8.47. The average molecular weight is 594 g/mol. The van der Waals surface area contributed by atoms with E-state index in [1.165, 1.54) is 23.0 Å². The Morgan fingerprint density at radius 2 is 1.67 bits per heavy atom. The second kappa shape index (κ2) is 11.9. The first kappa shape index (κ1) is 27.9. The van der Waals surface area contributed by atoms with E-state index in [4.69, 9.17) is 9.36 Å². The average Bonchev–Trinajstić information content (AvgIpc) is 3.68. The lowest BCUT2D eigenvalue weighted by Crippen LogP contribution is -2.41. The third-order valence-corrected chi connectivity index (χ3v) is 8.44. The van der Waals surface area contributed by atoms with E-state index >= 15 is 0 Å². The number of nitrogens with zero attached hydrogens (tertiary/aromatic N) is 4. The predicted molar refractivity (Wildman–Crippen MR) is 167 cm³/mol. The molecule has 0 aliphatic heterocycles. The smallest absolute Gasteiger partial charge is 0.399 e. The summed E-state index contributed by atoms with van der Waals surface area (Å²) in [7, 11) is 1.44. The summed E-state index contributed by atoms with van der Waals surface area (Å²) in [6.07, 6.45) is 0.748. The molecule has 6 aromatic rings. The standard InChI is InChI=1S/C32H27N5O5S/c1-3-23-17-26-29(38)36(19-27(34-41-2)22-9-5-4-6-10-22)32(40)37(30(26)43-23)18-20-13-15-21(16-14-20)24-11-7-8-12-25(24)28-33-31(39)42-35-28/h4-17H,3,18-19H2,1-2H3,(H,33,35,39)/b34-27-. The molecule has 3 aromatic carbocycles. The molecule has 0 saturated heterocycles. The van der Waals surface area contributed by atoms with Crippen LogP contribution in [0.25, 0.3) is 32.7 Å². The van der Waals surface area contributed by atoms with Gasteiger partial charge in [-0.05, 0) is 29.2 Å². The molecule has 3 heterocycles. The van der Waals surface area contributed by atoms with E-state index in [-0.39, 0.29) is 18.6 Å². The Kier molecular flexibility index (Phi) is 7.71. The number of thiophene rings is 1. The molecule has 0 radical (unpaired) electrons. The van der Waals surface area contributed by atoms with Crippen molar-refractivity contribution in [1.29, 1.82) is 0 Å². The Labute approximate surface area is 249 Å². The van der Waals surface area contributed by atoms with Gasteiger partial charge in [0.15, 0.2) is 5.82 Å². The summed E-state index contributed by atoms with van der Waals surface area (Å²) >= 11 is 1.46. The molecule has 6 rings (SSSR count). The summed E-state index contributed by atoms with van der Waals surface area (Å²) in [5.41, 5.74) is 3.81. The maximum atomic E-state index is 14.0. The summed E-state index contributed by atoms with van der Waals surface area (Å²) in [6, 6.07) is 26.6. The molecule has 0 unspecified atom stereocenters. The molecule has 0 aliphatic carbocycles. The molecule has 0 amide bonds. The predicted octanol–water partition coefficient (Wildman–Crippen LogP) is 4.90. The van der Waals surface area contributed by atoms with Crippen molar-refractivity contribution in [3.63, 3.8) is 0 Å². The fraction of sp³-hybridized carbons (Fsp3) is 0.156. The van der Waals surface area contributed by atoms with Crippen molar-refractivity contribution in [3.05, 3.63) is 132 Å². The molecule has 216 valence electrons. The van der Waals surface area contributed by atoms with Crippen molar-refractivity contribution in [3.8, 4) is 22.5 Å². The van der Waals surface area contributed by atoms with Gasteiger partial charge >= 0.3 is 11.4 Å². The van der Waals surface area contributed by atoms with Crippen molar-refractivity contribution in [2.45, 2.75) is 26.4 Å². The second-order valence-corrected chi connectivity index (χ2v) is 10.9.